The maximum absolute atomic E-state index is 13.0. The van der Waals surface area contributed by atoms with E-state index < -0.39 is 6.10 Å². The van der Waals surface area contributed by atoms with Gasteiger partial charge in [-0.15, -0.1) is 0 Å². The molecule has 0 spiro atoms. The number of nitrogens with one attached hydrogen (secondary N) is 1. The first-order valence-corrected chi connectivity index (χ1v) is 9.00. The molecule has 1 atom stereocenters. The van der Waals surface area contributed by atoms with Crippen molar-refractivity contribution in [3.05, 3.63) is 57.8 Å². The van der Waals surface area contributed by atoms with Gasteiger partial charge in [0.25, 0.3) is 0 Å². The summed E-state index contributed by atoms with van der Waals surface area (Å²) in [6.07, 6.45) is -0.395. The molecule has 0 aliphatic carbocycles. The molecule has 0 saturated carbocycles. The first kappa shape index (κ1) is 19.7. The lowest BCUT2D eigenvalue weighted by Crippen LogP contribution is -2.23. The van der Waals surface area contributed by atoms with Crippen LogP contribution in [0.15, 0.2) is 40.9 Å². The molecular weight excluding hydrogens is 389 g/mol. The largest absolute Gasteiger partial charge is 0.490 e. The summed E-state index contributed by atoms with van der Waals surface area (Å²) in [6, 6.07) is 10.1. The van der Waals surface area contributed by atoms with Crippen molar-refractivity contribution < 1.29 is 19.0 Å². The lowest BCUT2D eigenvalue weighted by molar-refractivity contribution is 0.191. The summed E-state index contributed by atoms with van der Waals surface area (Å²) in [6.45, 7) is 5.62. The SMILES string of the molecule is CCOc1cc(CNC[C@@H](C)O)cc(Br)c1OCc1ccc(F)cc1. The average molecular weight is 412 g/mol. The van der Waals surface area contributed by atoms with Crippen LogP contribution in [0.2, 0.25) is 0 Å². The Balaban J connectivity index is 2.11. The van der Waals surface area contributed by atoms with Crippen LogP contribution in [-0.2, 0) is 13.2 Å². The van der Waals surface area contributed by atoms with Gasteiger partial charge in [-0.3, -0.25) is 0 Å². The molecule has 0 amide bonds. The molecule has 0 unspecified atom stereocenters. The molecule has 0 bridgehead atoms. The van der Waals surface area contributed by atoms with Crippen molar-refractivity contribution in [2.45, 2.75) is 33.1 Å². The van der Waals surface area contributed by atoms with Gasteiger partial charge in [-0.1, -0.05) is 12.1 Å². The minimum absolute atomic E-state index is 0.269. The number of hydrogen-bond donors (Lipinski definition) is 2. The first-order chi connectivity index (χ1) is 12.0. The second-order valence-electron chi connectivity index (χ2n) is 5.73. The Morgan fingerprint density at radius 2 is 1.88 bits per heavy atom. The molecule has 4 nitrogen and oxygen atoms in total. The predicted molar refractivity (Wildman–Crippen MR) is 99.4 cm³/mol. The van der Waals surface area contributed by atoms with Crippen LogP contribution in [-0.4, -0.2) is 24.4 Å². The van der Waals surface area contributed by atoms with Gasteiger partial charge in [-0.2, -0.15) is 0 Å². The number of benzene rings is 2. The van der Waals surface area contributed by atoms with Gasteiger partial charge >= 0.3 is 0 Å². The topological polar surface area (TPSA) is 50.7 Å². The monoisotopic (exact) mass is 411 g/mol. The van der Waals surface area contributed by atoms with Crippen molar-refractivity contribution in [2.24, 2.45) is 0 Å². The minimum Gasteiger partial charge on any atom is -0.490 e. The molecular formula is C19H23BrFNO3. The Morgan fingerprint density at radius 1 is 1.16 bits per heavy atom. The van der Waals surface area contributed by atoms with Gasteiger partial charge in [0.1, 0.15) is 12.4 Å². The van der Waals surface area contributed by atoms with Crippen molar-refractivity contribution >= 4 is 15.9 Å². The highest BCUT2D eigenvalue weighted by Gasteiger charge is 2.13. The van der Waals surface area contributed by atoms with Crippen molar-refractivity contribution in [2.75, 3.05) is 13.2 Å². The lowest BCUT2D eigenvalue weighted by Gasteiger charge is -2.16. The van der Waals surface area contributed by atoms with E-state index in [1.54, 1.807) is 19.1 Å². The highest BCUT2D eigenvalue weighted by molar-refractivity contribution is 9.10. The maximum Gasteiger partial charge on any atom is 0.175 e. The number of aliphatic hydroxyl groups excluding tert-OH is 1. The molecule has 0 aliphatic rings. The zero-order valence-electron chi connectivity index (χ0n) is 14.4. The summed E-state index contributed by atoms with van der Waals surface area (Å²) >= 11 is 3.53. The second kappa shape index (κ2) is 9.75. The molecule has 2 aromatic rings. The minimum atomic E-state index is -0.395. The molecule has 0 aromatic heterocycles. The van der Waals surface area contributed by atoms with Gasteiger partial charge in [0, 0.05) is 13.1 Å². The molecule has 0 heterocycles. The van der Waals surface area contributed by atoms with E-state index in [0.29, 0.717) is 37.8 Å². The molecule has 6 heteroatoms. The van der Waals surface area contributed by atoms with E-state index in [0.717, 1.165) is 15.6 Å². The van der Waals surface area contributed by atoms with Crippen LogP contribution in [0.5, 0.6) is 11.5 Å². The zero-order chi connectivity index (χ0) is 18.2. The van der Waals surface area contributed by atoms with Gasteiger partial charge < -0.3 is 19.9 Å². The Hall–Kier alpha value is -1.63. The van der Waals surface area contributed by atoms with E-state index >= 15 is 0 Å². The van der Waals surface area contributed by atoms with Crippen LogP contribution in [0, 0.1) is 5.82 Å². The Bertz CT molecular complexity index is 677. The summed E-state index contributed by atoms with van der Waals surface area (Å²) < 4.78 is 25.4. The standard InChI is InChI=1S/C19H23BrFNO3/c1-3-24-18-9-15(11-22-10-13(2)23)8-17(20)19(18)25-12-14-4-6-16(21)7-5-14/h4-9,13,22-23H,3,10-12H2,1-2H3/t13-/m1/s1. The number of rotatable bonds is 9. The van der Waals surface area contributed by atoms with Crippen LogP contribution in [0.3, 0.4) is 0 Å². The summed E-state index contributed by atoms with van der Waals surface area (Å²) in [4.78, 5) is 0. The van der Waals surface area contributed by atoms with Crippen molar-refractivity contribution in [3.63, 3.8) is 0 Å². The van der Waals surface area contributed by atoms with Gasteiger partial charge in [0.05, 0.1) is 17.2 Å². The normalized spacial score (nSPS) is 12.0. The predicted octanol–water partition coefficient (Wildman–Crippen LogP) is 4.04. The molecule has 0 aliphatic heterocycles. The van der Waals surface area contributed by atoms with Crippen molar-refractivity contribution in [1.82, 2.24) is 5.32 Å². The molecule has 2 rings (SSSR count). The fraction of sp³-hybridized carbons (Fsp3) is 0.368. The van der Waals surface area contributed by atoms with Crippen LogP contribution in [0.25, 0.3) is 0 Å². The highest BCUT2D eigenvalue weighted by atomic mass is 79.9. The van der Waals surface area contributed by atoms with E-state index in [2.05, 4.69) is 21.2 Å². The van der Waals surface area contributed by atoms with Gasteiger partial charge in [0.15, 0.2) is 11.5 Å². The number of hydrogen-bond acceptors (Lipinski definition) is 4. The summed E-state index contributed by atoms with van der Waals surface area (Å²) in [5, 5.41) is 12.5. The third-order valence-electron chi connectivity index (χ3n) is 3.43. The fourth-order valence-corrected chi connectivity index (χ4v) is 2.89. The highest BCUT2D eigenvalue weighted by Crippen LogP contribution is 2.37. The van der Waals surface area contributed by atoms with Crippen LogP contribution in [0.1, 0.15) is 25.0 Å². The van der Waals surface area contributed by atoms with Crippen LogP contribution >= 0.6 is 15.9 Å². The number of ether oxygens (including phenoxy) is 2. The zero-order valence-corrected chi connectivity index (χ0v) is 16.0. The first-order valence-electron chi connectivity index (χ1n) is 8.20. The molecule has 2 aromatic carbocycles. The summed E-state index contributed by atoms with van der Waals surface area (Å²) in [5.74, 6) is 0.993. The molecule has 0 radical (unpaired) electrons. The summed E-state index contributed by atoms with van der Waals surface area (Å²) in [5.41, 5.74) is 1.89. The molecule has 0 fully saturated rings. The molecule has 136 valence electrons. The van der Waals surface area contributed by atoms with Gasteiger partial charge in [-0.05, 0) is 65.2 Å². The van der Waals surface area contributed by atoms with Crippen molar-refractivity contribution in [1.29, 1.82) is 0 Å². The third-order valence-corrected chi connectivity index (χ3v) is 4.02. The third kappa shape index (κ3) is 6.30. The molecule has 0 saturated heterocycles. The van der Waals surface area contributed by atoms with Crippen molar-refractivity contribution in [3.8, 4) is 11.5 Å². The Labute approximate surface area is 156 Å². The van der Waals surface area contributed by atoms with E-state index in [1.165, 1.54) is 12.1 Å². The lowest BCUT2D eigenvalue weighted by atomic mass is 10.2. The van der Waals surface area contributed by atoms with Gasteiger partial charge in [-0.25, -0.2) is 4.39 Å². The quantitative estimate of drug-likeness (QED) is 0.653. The van der Waals surface area contributed by atoms with E-state index in [9.17, 15) is 9.50 Å². The fourth-order valence-electron chi connectivity index (χ4n) is 2.29. The van der Waals surface area contributed by atoms with Crippen LogP contribution < -0.4 is 14.8 Å². The van der Waals surface area contributed by atoms with E-state index in [-0.39, 0.29) is 5.82 Å². The van der Waals surface area contributed by atoms with E-state index in [1.807, 2.05) is 19.1 Å². The average Bonchev–Trinajstić information content (AvgIpc) is 2.55. The van der Waals surface area contributed by atoms with E-state index in [4.69, 9.17) is 9.47 Å². The summed E-state index contributed by atoms with van der Waals surface area (Å²) in [7, 11) is 0. The molecule has 25 heavy (non-hydrogen) atoms. The second-order valence-corrected chi connectivity index (χ2v) is 6.59. The smallest absolute Gasteiger partial charge is 0.175 e. The maximum atomic E-state index is 13.0. The molecule has 2 N–H and O–H groups in total. The Morgan fingerprint density at radius 3 is 2.52 bits per heavy atom. The Kier molecular flexibility index (Phi) is 7.68. The van der Waals surface area contributed by atoms with Gasteiger partial charge in [0.2, 0.25) is 0 Å². The number of halogens is 2. The number of aliphatic hydroxyl groups is 1. The van der Waals surface area contributed by atoms with Crippen LogP contribution in [0.4, 0.5) is 4.39 Å².